The van der Waals surface area contributed by atoms with Gasteiger partial charge in [0.2, 0.25) is 0 Å². The van der Waals surface area contributed by atoms with E-state index in [2.05, 4.69) is 15.9 Å². The molecule has 1 aromatic carbocycles. The van der Waals surface area contributed by atoms with Gasteiger partial charge in [0.05, 0.1) is 6.61 Å². The largest absolute Gasteiger partial charge is 0.392 e. The quantitative estimate of drug-likeness (QED) is 0.823. The van der Waals surface area contributed by atoms with E-state index >= 15 is 0 Å². The summed E-state index contributed by atoms with van der Waals surface area (Å²) in [6.07, 6.45) is 1.96. The van der Waals surface area contributed by atoms with E-state index in [0.29, 0.717) is 0 Å². The highest BCUT2D eigenvalue weighted by atomic mass is 79.9. The lowest BCUT2D eigenvalue weighted by atomic mass is 10.1. The molecular weight excluding hydrogens is 216 g/mol. The van der Waals surface area contributed by atoms with E-state index in [1.807, 2.05) is 37.3 Å². The lowest BCUT2D eigenvalue weighted by Gasteiger charge is -1.98. The molecule has 0 heterocycles. The van der Waals surface area contributed by atoms with Crippen molar-refractivity contribution < 1.29 is 5.11 Å². The molecule has 12 heavy (non-hydrogen) atoms. The van der Waals surface area contributed by atoms with E-state index in [1.165, 1.54) is 0 Å². The zero-order valence-corrected chi connectivity index (χ0v) is 8.51. The van der Waals surface area contributed by atoms with Crippen molar-refractivity contribution in [2.45, 2.75) is 6.92 Å². The highest BCUT2D eigenvalue weighted by Crippen LogP contribution is 2.18. The van der Waals surface area contributed by atoms with Gasteiger partial charge in [-0.3, -0.25) is 0 Å². The molecule has 0 saturated heterocycles. The standard InChI is InChI=1S/C10H11BrO/c1-8(7-12)6-9-4-2-3-5-10(9)11/h2-6,12H,7H2,1H3/b8-6-. The van der Waals surface area contributed by atoms with Gasteiger partial charge in [-0.05, 0) is 24.1 Å². The van der Waals surface area contributed by atoms with Crippen LogP contribution in [0.5, 0.6) is 0 Å². The Balaban J connectivity index is 2.96. The van der Waals surface area contributed by atoms with Gasteiger partial charge in [0.15, 0.2) is 0 Å². The van der Waals surface area contributed by atoms with Gasteiger partial charge in [0.1, 0.15) is 0 Å². The minimum Gasteiger partial charge on any atom is -0.392 e. The molecule has 0 radical (unpaired) electrons. The van der Waals surface area contributed by atoms with Gasteiger partial charge in [-0.25, -0.2) is 0 Å². The van der Waals surface area contributed by atoms with Crippen molar-refractivity contribution >= 4 is 22.0 Å². The van der Waals surface area contributed by atoms with Crippen molar-refractivity contribution in [2.24, 2.45) is 0 Å². The second-order valence-electron chi connectivity index (χ2n) is 2.67. The van der Waals surface area contributed by atoms with Crippen LogP contribution in [-0.2, 0) is 0 Å². The van der Waals surface area contributed by atoms with Gasteiger partial charge >= 0.3 is 0 Å². The van der Waals surface area contributed by atoms with Crippen LogP contribution in [0.4, 0.5) is 0 Å². The lowest BCUT2D eigenvalue weighted by molar-refractivity contribution is 0.332. The van der Waals surface area contributed by atoms with Crippen LogP contribution in [0.15, 0.2) is 34.3 Å². The number of aliphatic hydroxyl groups excluding tert-OH is 1. The molecule has 1 rings (SSSR count). The van der Waals surface area contributed by atoms with Gasteiger partial charge in [0.25, 0.3) is 0 Å². The van der Waals surface area contributed by atoms with Crippen LogP contribution in [0.1, 0.15) is 12.5 Å². The van der Waals surface area contributed by atoms with Crippen LogP contribution in [0, 0.1) is 0 Å². The molecular formula is C10H11BrO. The molecule has 0 aliphatic heterocycles. The molecule has 0 unspecified atom stereocenters. The summed E-state index contributed by atoms with van der Waals surface area (Å²) >= 11 is 3.43. The Morgan fingerprint density at radius 2 is 2.17 bits per heavy atom. The second kappa shape index (κ2) is 4.43. The summed E-state index contributed by atoms with van der Waals surface area (Å²) in [5.74, 6) is 0. The number of rotatable bonds is 2. The Bertz CT molecular complexity index is 292. The fourth-order valence-corrected chi connectivity index (χ4v) is 1.30. The fraction of sp³-hybridized carbons (Fsp3) is 0.200. The minimum atomic E-state index is 0.112. The van der Waals surface area contributed by atoms with E-state index in [1.54, 1.807) is 0 Å². The van der Waals surface area contributed by atoms with Gasteiger partial charge in [-0.2, -0.15) is 0 Å². The summed E-state index contributed by atoms with van der Waals surface area (Å²) in [5.41, 5.74) is 2.06. The summed E-state index contributed by atoms with van der Waals surface area (Å²) in [6, 6.07) is 7.93. The Kier molecular flexibility index (Phi) is 3.50. The fourth-order valence-electron chi connectivity index (χ4n) is 0.903. The smallest absolute Gasteiger partial charge is 0.0642 e. The van der Waals surface area contributed by atoms with Crippen molar-refractivity contribution in [2.75, 3.05) is 6.61 Å². The van der Waals surface area contributed by atoms with Crippen LogP contribution in [0.25, 0.3) is 6.08 Å². The predicted octanol–water partition coefficient (Wildman–Crippen LogP) is 2.84. The average molecular weight is 227 g/mol. The molecule has 0 bridgehead atoms. The molecule has 0 saturated carbocycles. The molecule has 0 aliphatic carbocycles. The zero-order valence-electron chi connectivity index (χ0n) is 6.92. The first kappa shape index (κ1) is 9.49. The monoisotopic (exact) mass is 226 g/mol. The van der Waals surface area contributed by atoms with Crippen molar-refractivity contribution in [3.63, 3.8) is 0 Å². The Labute approximate surface area is 80.9 Å². The predicted molar refractivity (Wildman–Crippen MR) is 54.9 cm³/mol. The van der Waals surface area contributed by atoms with Gasteiger partial charge in [0, 0.05) is 4.47 Å². The molecule has 64 valence electrons. The minimum absolute atomic E-state index is 0.112. The summed E-state index contributed by atoms with van der Waals surface area (Å²) in [4.78, 5) is 0. The molecule has 0 fully saturated rings. The normalized spacial score (nSPS) is 11.8. The van der Waals surface area contributed by atoms with E-state index < -0.39 is 0 Å². The van der Waals surface area contributed by atoms with E-state index in [9.17, 15) is 0 Å². The first-order valence-corrected chi connectivity index (χ1v) is 4.56. The van der Waals surface area contributed by atoms with E-state index in [-0.39, 0.29) is 6.61 Å². The van der Waals surface area contributed by atoms with Crippen molar-refractivity contribution in [3.05, 3.63) is 39.9 Å². The molecule has 0 aromatic heterocycles. The van der Waals surface area contributed by atoms with Gasteiger partial charge < -0.3 is 5.11 Å². The topological polar surface area (TPSA) is 20.2 Å². The summed E-state index contributed by atoms with van der Waals surface area (Å²) < 4.78 is 1.05. The van der Waals surface area contributed by atoms with Crippen LogP contribution < -0.4 is 0 Å². The average Bonchev–Trinajstić information content (AvgIpc) is 2.09. The molecule has 0 amide bonds. The molecule has 1 aromatic rings. The van der Waals surface area contributed by atoms with Crippen molar-refractivity contribution in [3.8, 4) is 0 Å². The maximum absolute atomic E-state index is 8.80. The van der Waals surface area contributed by atoms with Crippen molar-refractivity contribution in [1.29, 1.82) is 0 Å². The van der Waals surface area contributed by atoms with E-state index in [0.717, 1.165) is 15.6 Å². The van der Waals surface area contributed by atoms with Crippen LogP contribution in [-0.4, -0.2) is 11.7 Å². The molecule has 1 nitrogen and oxygen atoms in total. The van der Waals surface area contributed by atoms with E-state index in [4.69, 9.17) is 5.11 Å². The second-order valence-corrected chi connectivity index (χ2v) is 3.52. The number of benzene rings is 1. The third kappa shape index (κ3) is 2.47. The number of hydrogen-bond acceptors (Lipinski definition) is 1. The number of hydrogen-bond donors (Lipinski definition) is 1. The lowest BCUT2D eigenvalue weighted by Crippen LogP contribution is -1.84. The molecule has 0 aliphatic rings. The number of halogens is 1. The zero-order chi connectivity index (χ0) is 8.97. The maximum Gasteiger partial charge on any atom is 0.0642 e. The Morgan fingerprint density at radius 3 is 2.75 bits per heavy atom. The Morgan fingerprint density at radius 1 is 1.50 bits per heavy atom. The van der Waals surface area contributed by atoms with Gasteiger partial charge in [-0.15, -0.1) is 0 Å². The molecule has 0 atom stereocenters. The third-order valence-corrected chi connectivity index (χ3v) is 2.28. The highest BCUT2D eigenvalue weighted by molar-refractivity contribution is 9.10. The summed E-state index contributed by atoms with van der Waals surface area (Å²) in [6.45, 7) is 2.01. The van der Waals surface area contributed by atoms with Crippen LogP contribution >= 0.6 is 15.9 Å². The SMILES string of the molecule is C/C(=C/c1ccccc1Br)CO. The number of aliphatic hydroxyl groups is 1. The Hall–Kier alpha value is -0.600. The highest BCUT2D eigenvalue weighted by Gasteiger charge is 1.94. The first-order chi connectivity index (χ1) is 5.74. The van der Waals surface area contributed by atoms with Crippen LogP contribution in [0.2, 0.25) is 0 Å². The van der Waals surface area contributed by atoms with Crippen molar-refractivity contribution in [1.82, 2.24) is 0 Å². The molecule has 0 spiro atoms. The third-order valence-electron chi connectivity index (χ3n) is 1.56. The summed E-state index contributed by atoms with van der Waals surface area (Å²) in [7, 11) is 0. The molecule has 2 heteroatoms. The maximum atomic E-state index is 8.80. The van der Waals surface area contributed by atoms with Gasteiger partial charge in [-0.1, -0.05) is 40.2 Å². The summed E-state index contributed by atoms with van der Waals surface area (Å²) in [5, 5.41) is 8.80. The van der Waals surface area contributed by atoms with Crippen LogP contribution in [0.3, 0.4) is 0 Å². The first-order valence-electron chi connectivity index (χ1n) is 3.76. The molecule has 1 N–H and O–H groups in total.